The molecule has 0 amide bonds. The molecule has 1 aliphatic heterocycles. The van der Waals surface area contributed by atoms with Gasteiger partial charge in [0.2, 0.25) is 0 Å². The Bertz CT molecular complexity index is 177. The molecule has 76 valence electrons. The minimum absolute atomic E-state index is 0.240. The Kier molecular flexibility index (Phi) is 3.58. The summed E-state index contributed by atoms with van der Waals surface area (Å²) in [4.78, 5) is 1.99. The average molecular weight is 183 g/mol. The summed E-state index contributed by atoms with van der Waals surface area (Å²) in [6, 6.07) is 0. The molecule has 1 fully saturated rings. The quantitative estimate of drug-likeness (QED) is 0.479. The van der Waals surface area contributed by atoms with E-state index in [1.807, 2.05) is 4.90 Å². The van der Waals surface area contributed by atoms with Crippen molar-refractivity contribution in [3.05, 3.63) is 0 Å². The zero-order valence-corrected chi connectivity index (χ0v) is 8.71. The normalized spacial score (nSPS) is 24.5. The lowest BCUT2D eigenvalue weighted by Gasteiger charge is -2.21. The van der Waals surface area contributed by atoms with Crippen LogP contribution >= 0.6 is 0 Å². The van der Waals surface area contributed by atoms with Crippen LogP contribution in [0.2, 0.25) is 0 Å². The Morgan fingerprint density at radius 3 is 2.62 bits per heavy atom. The Balaban J connectivity index is 2.44. The summed E-state index contributed by atoms with van der Waals surface area (Å²) in [6.45, 7) is 6.51. The molecule has 0 aliphatic carbocycles. The molecule has 1 atom stereocenters. The summed E-state index contributed by atoms with van der Waals surface area (Å²) < 4.78 is 0. The van der Waals surface area contributed by atoms with Gasteiger partial charge in [-0.25, -0.2) is 0 Å². The van der Waals surface area contributed by atoms with Crippen LogP contribution in [0.1, 0.15) is 33.1 Å². The fraction of sp³-hybridized carbons (Fsp3) is 0.900. The molecule has 1 unspecified atom stereocenters. The van der Waals surface area contributed by atoms with Crippen LogP contribution in [-0.4, -0.2) is 23.9 Å². The zero-order chi connectivity index (χ0) is 9.84. The van der Waals surface area contributed by atoms with Gasteiger partial charge in [-0.05, 0) is 31.1 Å². The van der Waals surface area contributed by atoms with Crippen molar-refractivity contribution >= 4 is 5.96 Å². The van der Waals surface area contributed by atoms with E-state index in [4.69, 9.17) is 11.1 Å². The number of likely N-dealkylation sites (tertiary alicyclic amines) is 1. The van der Waals surface area contributed by atoms with Crippen LogP contribution in [0.15, 0.2) is 0 Å². The van der Waals surface area contributed by atoms with Gasteiger partial charge in [0, 0.05) is 13.1 Å². The van der Waals surface area contributed by atoms with Gasteiger partial charge in [-0.1, -0.05) is 13.8 Å². The maximum absolute atomic E-state index is 7.36. The van der Waals surface area contributed by atoms with E-state index in [1.54, 1.807) is 0 Å². The van der Waals surface area contributed by atoms with Gasteiger partial charge in [0.25, 0.3) is 0 Å². The van der Waals surface area contributed by atoms with E-state index in [0.717, 1.165) is 24.9 Å². The SMILES string of the molecule is CC(C)C1CCCN(C(=N)N)CC1. The Hall–Kier alpha value is -0.730. The third-order valence-electron chi connectivity index (χ3n) is 3.06. The summed E-state index contributed by atoms with van der Waals surface area (Å²) in [5.41, 5.74) is 5.47. The second-order valence-corrected chi connectivity index (χ2v) is 4.31. The molecular formula is C10H21N3. The molecule has 3 N–H and O–H groups in total. The number of nitrogens with one attached hydrogen (secondary N) is 1. The number of nitrogens with zero attached hydrogens (tertiary/aromatic N) is 1. The van der Waals surface area contributed by atoms with E-state index in [9.17, 15) is 0 Å². The van der Waals surface area contributed by atoms with Crippen molar-refractivity contribution in [2.45, 2.75) is 33.1 Å². The minimum atomic E-state index is 0.240. The Morgan fingerprint density at radius 2 is 2.08 bits per heavy atom. The van der Waals surface area contributed by atoms with Crippen LogP contribution in [0.5, 0.6) is 0 Å². The predicted octanol–water partition coefficient (Wildman–Crippen LogP) is 1.64. The fourth-order valence-electron chi connectivity index (χ4n) is 2.03. The van der Waals surface area contributed by atoms with Crippen molar-refractivity contribution in [1.82, 2.24) is 4.90 Å². The van der Waals surface area contributed by atoms with Gasteiger partial charge in [0.1, 0.15) is 0 Å². The van der Waals surface area contributed by atoms with Crippen LogP contribution in [0.3, 0.4) is 0 Å². The maximum Gasteiger partial charge on any atom is 0.188 e. The standard InChI is InChI=1S/C10H21N3/c1-8(2)9-4-3-6-13(7-5-9)10(11)12/h8-9H,3-7H2,1-2H3,(H3,11,12). The molecule has 3 nitrogen and oxygen atoms in total. The van der Waals surface area contributed by atoms with Crippen LogP contribution in [-0.2, 0) is 0 Å². The average Bonchev–Trinajstić information content (AvgIpc) is 2.27. The molecule has 0 aromatic heterocycles. The van der Waals surface area contributed by atoms with Gasteiger partial charge in [-0.2, -0.15) is 0 Å². The van der Waals surface area contributed by atoms with Crippen LogP contribution < -0.4 is 5.73 Å². The largest absolute Gasteiger partial charge is 0.370 e. The summed E-state index contributed by atoms with van der Waals surface area (Å²) in [7, 11) is 0. The molecule has 1 aliphatic rings. The topological polar surface area (TPSA) is 53.1 Å². The number of guanidine groups is 1. The van der Waals surface area contributed by atoms with Crippen LogP contribution in [0.4, 0.5) is 0 Å². The van der Waals surface area contributed by atoms with Gasteiger partial charge in [0.05, 0.1) is 0 Å². The number of nitrogens with two attached hydrogens (primary N) is 1. The second kappa shape index (κ2) is 4.49. The highest BCUT2D eigenvalue weighted by atomic mass is 15.2. The van der Waals surface area contributed by atoms with Crippen molar-refractivity contribution in [2.75, 3.05) is 13.1 Å². The monoisotopic (exact) mass is 183 g/mol. The Morgan fingerprint density at radius 1 is 1.38 bits per heavy atom. The molecule has 1 rings (SSSR count). The first-order valence-electron chi connectivity index (χ1n) is 5.20. The lowest BCUT2D eigenvalue weighted by molar-refractivity contribution is 0.339. The molecular weight excluding hydrogens is 162 g/mol. The van der Waals surface area contributed by atoms with Gasteiger partial charge in [-0.15, -0.1) is 0 Å². The minimum Gasteiger partial charge on any atom is -0.370 e. The highest BCUT2D eigenvalue weighted by Gasteiger charge is 2.19. The first kappa shape index (κ1) is 10.4. The highest BCUT2D eigenvalue weighted by Crippen LogP contribution is 2.24. The molecule has 0 spiro atoms. The summed E-state index contributed by atoms with van der Waals surface area (Å²) >= 11 is 0. The van der Waals surface area contributed by atoms with Crippen molar-refractivity contribution in [3.63, 3.8) is 0 Å². The fourth-order valence-corrected chi connectivity index (χ4v) is 2.03. The molecule has 3 heteroatoms. The summed E-state index contributed by atoms with van der Waals surface area (Å²) in [5, 5.41) is 7.36. The van der Waals surface area contributed by atoms with E-state index >= 15 is 0 Å². The second-order valence-electron chi connectivity index (χ2n) is 4.31. The lowest BCUT2D eigenvalue weighted by Crippen LogP contribution is -2.37. The summed E-state index contributed by atoms with van der Waals surface area (Å²) in [5.74, 6) is 1.83. The number of hydrogen-bond acceptors (Lipinski definition) is 1. The van der Waals surface area contributed by atoms with E-state index in [0.29, 0.717) is 0 Å². The van der Waals surface area contributed by atoms with Crippen molar-refractivity contribution in [2.24, 2.45) is 17.6 Å². The van der Waals surface area contributed by atoms with Crippen LogP contribution in [0.25, 0.3) is 0 Å². The first-order valence-corrected chi connectivity index (χ1v) is 5.20. The zero-order valence-electron chi connectivity index (χ0n) is 8.71. The predicted molar refractivity (Wildman–Crippen MR) is 55.7 cm³/mol. The highest BCUT2D eigenvalue weighted by molar-refractivity contribution is 5.74. The van der Waals surface area contributed by atoms with Gasteiger partial charge >= 0.3 is 0 Å². The smallest absolute Gasteiger partial charge is 0.188 e. The lowest BCUT2D eigenvalue weighted by atomic mass is 9.89. The van der Waals surface area contributed by atoms with Gasteiger partial charge in [0.15, 0.2) is 5.96 Å². The van der Waals surface area contributed by atoms with E-state index in [-0.39, 0.29) is 5.96 Å². The third kappa shape index (κ3) is 2.90. The van der Waals surface area contributed by atoms with Crippen molar-refractivity contribution < 1.29 is 0 Å². The molecule has 0 aromatic carbocycles. The first-order chi connectivity index (χ1) is 6.11. The molecule has 0 bridgehead atoms. The molecule has 0 saturated carbocycles. The van der Waals surface area contributed by atoms with Gasteiger partial charge in [-0.3, -0.25) is 5.41 Å². The number of rotatable bonds is 1. The number of hydrogen-bond donors (Lipinski definition) is 2. The third-order valence-corrected chi connectivity index (χ3v) is 3.06. The van der Waals surface area contributed by atoms with Crippen molar-refractivity contribution in [1.29, 1.82) is 5.41 Å². The summed E-state index contributed by atoms with van der Waals surface area (Å²) in [6.07, 6.45) is 3.67. The molecule has 0 aromatic rings. The molecule has 1 saturated heterocycles. The van der Waals surface area contributed by atoms with Crippen LogP contribution in [0, 0.1) is 17.2 Å². The molecule has 13 heavy (non-hydrogen) atoms. The van der Waals surface area contributed by atoms with Crippen molar-refractivity contribution in [3.8, 4) is 0 Å². The maximum atomic E-state index is 7.36. The van der Waals surface area contributed by atoms with Gasteiger partial charge < -0.3 is 10.6 Å². The van der Waals surface area contributed by atoms with E-state index in [2.05, 4.69) is 13.8 Å². The van der Waals surface area contributed by atoms with E-state index in [1.165, 1.54) is 19.3 Å². The Labute approximate surface area is 80.8 Å². The van der Waals surface area contributed by atoms with E-state index < -0.39 is 0 Å². The molecule has 1 heterocycles. The molecule has 0 radical (unpaired) electrons.